The summed E-state index contributed by atoms with van der Waals surface area (Å²) in [6.45, 7) is 0. The van der Waals surface area contributed by atoms with Crippen molar-refractivity contribution in [2.75, 3.05) is 0 Å². The molecule has 63 heavy (non-hydrogen) atoms. The quantitative estimate of drug-likeness (QED) is 0.160. The maximum absolute atomic E-state index is 10.9. The molecule has 0 aliphatic carbocycles. The number of benzene rings is 9. The van der Waals surface area contributed by atoms with Crippen LogP contribution in [0.25, 0.3) is 94.3 Å². The summed E-state index contributed by atoms with van der Waals surface area (Å²) in [5, 5.41) is 43.9. The van der Waals surface area contributed by atoms with E-state index in [2.05, 4.69) is 108 Å². The summed E-state index contributed by atoms with van der Waals surface area (Å²) in [6.07, 6.45) is 0. The molecule has 0 aliphatic heterocycles. The maximum atomic E-state index is 10.9. The highest BCUT2D eigenvalue weighted by Gasteiger charge is 2.31. The third-order valence-corrected chi connectivity index (χ3v) is 11.8. The summed E-state index contributed by atoms with van der Waals surface area (Å²) >= 11 is 0. The van der Waals surface area contributed by atoms with E-state index in [0.717, 1.165) is 83.1 Å². The van der Waals surface area contributed by atoms with E-state index >= 15 is 0 Å². The summed E-state index contributed by atoms with van der Waals surface area (Å²) in [7, 11) is 0. The molecule has 0 radical (unpaired) electrons. The van der Waals surface area contributed by atoms with Crippen LogP contribution in [-0.4, -0.2) is 4.57 Å². The van der Waals surface area contributed by atoms with Gasteiger partial charge in [0.15, 0.2) is 0 Å². The molecule has 0 N–H and O–H groups in total. The normalized spacial score (nSPS) is 10.8. The van der Waals surface area contributed by atoms with E-state index < -0.39 is 0 Å². The lowest BCUT2D eigenvalue weighted by molar-refractivity contribution is 1.18. The number of aromatic nitrogens is 1. The molecule has 10 aromatic rings. The lowest BCUT2D eigenvalue weighted by Gasteiger charge is -2.29. The molecule has 0 spiro atoms. The highest BCUT2D eigenvalue weighted by Crippen LogP contribution is 2.57. The smallest absolute Gasteiger partial charge is 0.0998 e. The first-order valence-corrected chi connectivity index (χ1v) is 20.5. The van der Waals surface area contributed by atoms with Crippen molar-refractivity contribution in [1.29, 1.82) is 21.0 Å². The van der Waals surface area contributed by atoms with E-state index in [1.54, 1.807) is 0 Å². The lowest BCUT2D eigenvalue weighted by atomic mass is 9.73. The van der Waals surface area contributed by atoms with Gasteiger partial charge >= 0.3 is 0 Å². The summed E-state index contributed by atoms with van der Waals surface area (Å²) in [4.78, 5) is 0. The largest absolute Gasteiger partial charge is 0.309 e. The van der Waals surface area contributed by atoms with Crippen molar-refractivity contribution in [3.63, 3.8) is 0 Å². The molecule has 10 rings (SSSR count). The van der Waals surface area contributed by atoms with Gasteiger partial charge in [0, 0.05) is 27.6 Å². The number of hydrogen-bond acceptors (Lipinski definition) is 4. The van der Waals surface area contributed by atoms with E-state index in [9.17, 15) is 21.0 Å². The molecule has 0 aliphatic rings. The van der Waals surface area contributed by atoms with Gasteiger partial charge in [0.1, 0.15) is 0 Å². The Bertz CT molecular complexity index is 3570. The number of nitriles is 4. The van der Waals surface area contributed by atoms with E-state index in [4.69, 9.17) is 0 Å². The fourth-order valence-electron chi connectivity index (χ4n) is 9.05. The Balaban J connectivity index is 1.50. The van der Waals surface area contributed by atoms with Gasteiger partial charge < -0.3 is 4.57 Å². The van der Waals surface area contributed by atoms with Gasteiger partial charge in [-0.15, -0.1) is 0 Å². The van der Waals surface area contributed by atoms with Crippen LogP contribution < -0.4 is 0 Å². The van der Waals surface area contributed by atoms with Crippen LogP contribution in [0.15, 0.2) is 200 Å². The predicted octanol–water partition coefficient (Wildman–Crippen LogP) is 14.3. The second-order valence-corrected chi connectivity index (χ2v) is 15.2. The van der Waals surface area contributed by atoms with Gasteiger partial charge in [0.2, 0.25) is 0 Å². The van der Waals surface area contributed by atoms with Crippen molar-refractivity contribution in [1.82, 2.24) is 4.57 Å². The third kappa shape index (κ3) is 6.48. The van der Waals surface area contributed by atoms with Crippen molar-refractivity contribution in [3.8, 4) is 96.7 Å². The zero-order valence-corrected chi connectivity index (χ0v) is 33.8. The molecule has 0 bridgehead atoms. The first kappa shape index (κ1) is 38.0. The minimum atomic E-state index is 0.466. The van der Waals surface area contributed by atoms with Crippen molar-refractivity contribution in [3.05, 3.63) is 222 Å². The molecule has 0 unspecified atom stereocenters. The van der Waals surface area contributed by atoms with Gasteiger partial charge in [-0.2, -0.15) is 21.0 Å². The second-order valence-electron chi connectivity index (χ2n) is 15.2. The first-order valence-electron chi connectivity index (χ1n) is 20.5. The average Bonchev–Trinajstić information content (AvgIpc) is 3.69. The number of hydrogen-bond donors (Lipinski definition) is 0. The molecule has 0 amide bonds. The molecule has 0 fully saturated rings. The standard InChI is InChI=1S/C58H33N5/c59-34-38-23-27-41(28-24-38)54-53(40-13-3-1-4-14-40)56(43-31-32-52-50(33-43)49-21-11-12-22-51(49)63(52)46-17-5-2-6-18-46)55(42-29-25-39(35-60)26-30-42)58(48-20-10-8-16-45(48)37-62)57(54)47-19-9-7-15-44(47)36-61/h1-33H. The number of para-hydroxylation sites is 2. The first-order chi connectivity index (χ1) is 31.1. The van der Waals surface area contributed by atoms with Crippen LogP contribution in [0.1, 0.15) is 22.3 Å². The Hall–Kier alpha value is -9.26. The van der Waals surface area contributed by atoms with Crippen LogP contribution in [0.4, 0.5) is 0 Å². The molecule has 0 saturated carbocycles. The van der Waals surface area contributed by atoms with Gasteiger partial charge in [-0.25, -0.2) is 0 Å². The van der Waals surface area contributed by atoms with Gasteiger partial charge in [-0.3, -0.25) is 0 Å². The minimum absolute atomic E-state index is 0.466. The summed E-state index contributed by atoms with van der Waals surface area (Å²) in [5.41, 5.74) is 15.1. The highest BCUT2D eigenvalue weighted by atomic mass is 15.0. The van der Waals surface area contributed by atoms with Crippen LogP contribution in [0, 0.1) is 45.3 Å². The van der Waals surface area contributed by atoms with Crippen molar-refractivity contribution in [2.45, 2.75) is 0 Å². The molecule has 9 aromatic carbocycles. The van der Waals surface area contributed by atoms with Gasteiger partial charge in [-0.1, -0.05) is 133 Å². The van der Waals surface area contributed by atoms with Crippen LogP contribution >= 0.6 is 0 Å². The van der Waals surface area contributed by atoms with Crippen LogP contribution in [0.5, 0.6) is 0 Å². The monoisotopic (exact) mass is 799 g/mol. The molecular formula is C58H33N5. The molecule has 1 aromatic heterocycles. The summed E-state index contributed by atoms with van der Waals surface area (Å²) in [6, 6.07) is 75.7. The molecule has 290 valence electrons. The highest BCUT2D eigenvalue weighted by molar-refractivity contribution is 6.18. The van der Waals surface area contributed by atoms with Gasteiger partial charge in [0.05, 0.1) is 57.6 Å². The molecule has 0 atom stereocenters. The topological polar surface area (TPSA) is 100 Å². The predicted molar refractivity (Wildman–Crippen MR) is 252 cm³/mol. The molecule has 0 saturated heterocycles. The number of nitrogens with zero attached hydrogens (tertiary/aromatic N) is 5. The second kappa shape index (κ2) is 16.1. The molecule has 5 heteroatoms. The number of fused-ring (bicyclic) bond motifs is 3. The average molecular weight is 800 g/mol. The van der Waals surface area contributed by atoms with E-state index in [-0.39, 0.29) is 0 Å². The SMILES string of the molecule is N#Cc1ccc(-c2c(-c3ccccc3)c(-c3ccc4c(c3)c3ccccc3n4-c3ccccc3)c(-c3ccc(C#N)cc3)c(-c3ccccc3C#N)c2-c2ccccc2C#N)cc1. The van der Waals surface area contributed by atoms with Gasteiger partial charge in [-0.05, 0) is 122 Å². The lowest BCUT2D eigenvalue weighted by Crippen LogP contribution is -2.04. The van der Waals surface area contributed by atoms with Gasteiger partial charge in [0.25, 0.3) is 0 Å². The maximum Gasteiger partial charge on any atom is 0.0998 e. The Morgan fingerprint density at radius 3 is 1.25 bits per heavy atom. The van der Waals surface area contributed by atoms with Crippen LogP contribution in [-0.2, 0) is 0 Å². The fourth-order valence-corrected chi connectivity index (χ4v) is 9.05. The number of rotatable bonds is 7. The molecular weight excluding hydrogens is 767 g/mol. The van der Waals surface area contributed by atoms with E-state index in [1.165, 1.54) is 0 Å². The molecule has 1 heterocycles. The van der Waals surface area contributed by atoms with Crippen LogP contribution in [0.3, 0.4) is 0 Å². The Morgan fingerprint density at radius 2 is 0.714 bits per heavy atom. The van der Waals surface area contributed by atoms with Crippen molar-refractivity contribution < 1.29 is 0 Å². The molecule has 5 nitrogen and oxygen atoms in total. The van der Waals surface area contributed by atoms with Crippen molar-refractivity contribution in [2.24, 2.45) is 0 Å². The third-order valence-electron chi connectivity index (χ3n) is 11.8. The summed E-state index contributed by atoms with van der Waals surface area (Å²) in [5.74, 6) is 0. The Labute approximate surface area is 365 Å². The Morgan fingerprint density at radius 1 is 0.302 bits per heavy atom. The van der Waals surface area contributed by atoms with Crippen molar-refractivity contribution >= 4 is 21.8 Å². The van der Waals surface area contributed by atoms with Crippen LogP contribution in [0.2, 0.25) is 0 Å². The van der Waals surface area contributed by atoms with E-state index in [0.29, 0.717) is 33.4 Å². The fraction of sp³-hybridized carbons (Fsp3) is 0. The summed E-state index contributed by atoms with van der Waals surface area (Å²) < 4.78 is 2.30. The Kier molecular flexibility index (Phi) is 9.68. The minimum Gasteiger partial charge on any atom is -0.309 e. The zero-order valence-electron chi connectivity index (χ0n) is 33.8. The zero-order chi connectivity index (χ0) is 42.9. The van der Waals surface area contributed by atoms with E-state index in [1.807, 2.05) is 121 Å².